The number of carbonyl (C=O) groups is 2. The van der Waals surface area contributed by atoms with Gasteiger partial charge in [0, 0.05) is 35.1 Å². The van der Waals surface area contributed by atoms with Gasteiger partial charge in [-0.25, -0.2) is 9.18 Å². The molecule has 0 fully saturated rings. The van der Waals surface area contributed by atoms with Gasteiger partial charge in [0.25, 0.3) is 0 Å². The number of dihydropyridines is 1. The van der Waals surface area contributed by atoms with Crippen LogP contribution in [0.2, 0.25) is 0 Å². The molecule has 3 rings (SSSR count). The predicted octanol–water partition coefficient (Wildman–Crippen LogP) is 4.09. The summed E-state index contributed by atoms with van der Waals surface area (Å²) in [5.74, 6) is 0.451. The van der Waals surface area contributed by atoms with Crippen molar-refractivity contribution in [2.45, 2.75) is 39.0 Å². The highest BCUT2D eigenvalue weighted by atomic mass is 32.2. The third-order valence-electron chi connectivity index (χ3n) is 4.86. The van der Waals surface area contributed by atoms with E-state index < -0.39 is 11.9 Å². The number of halogens is 1. The van der Waals surface area contributed by atoms with Gasteiger partial charge in [-0.1, -0.05) is 19.1 Å². The molecule has 2 aliphatic rings. The van der Waals surface area contributed by atoms with Crippen LogP contribution in [0.15, 0.2) is 46.8 Å². The number of ether oxygens (including phenoxy) is 1. The second kappa shape index (κ2) is 8.74. The van der Waals surface area contributed by atoms with Crippen molar-refractivity contribution in [3.05, 3.63) is 58.2 Å². The second-order valence-corrected chi connectivity index (χ2v) is 8.04. The largest absolute Gasteiger partial charge is 0.461 e. The fourth-order valence-corrected chi connectivity index (χ4v) is 4.15. The summed E-state index contributed by atoms with van der Waals surface area (Å²) in [4.78, 5) is 25.6. The van der Waals surface area contributed by atoms with E-state index in [-0.39, 0.29) is 11.6 Å². The molecule has 0 aromatic heterocycles. The summed E-state index contributed by atoms with van der Waals surface area (Å²) in [6.07, 6.45) is 2.03. The van der Waals surface area contributed by atoms with Gasteiger partial charge >= 0.3 is 5.97 Å². The summed E-state index contributed by atoms with van der Waals surface area (Å²) < 4.78 is 18.9. The maximum absolute atomic E-state index is 13.4. The van der Waals surface area contributed by atoms with E-state index in [1.165, 1.54) is 12.1 Å². The predicted molar refractivity (Wildman–Crippen MR) is 105 cm³/mol. The highest BCUT2D eigenvalue weighted by Crippen LogP contribution is 2.42. The summed E-state index contributed by atoms with van der Waals surface area (Å²) in [5, 5.41) is 3.25. The van der Waals surface area contributed by atoms with Crippen LogP contribution in [0, 0.1) is 5.82 Å². The first-order valence-electron chi connectivity index (χ1n) is 9.27. The van der Waals surface area contributed by atoms with E-state index in [2.05, 4.69) is 12.2 Å². The van der Waals surface area contributed by atoms with Crippen LogP contribution in [0.4, 0.5) is 4.39 Å². The maximum Gasteiger partial charge on any atom is 0.336 e. The van der Waals surface area contributed by atoms with Crippen molar-refractivity contribution >= 4 is 23.5 Å². The molecular weight excluding hydrogens is 365 g/mol. The minimum Gasteiger partial charge on any atom is -0.461 e. The molecule has 1 aliphatic carbocycles. The second-order valence-electron chi connectivity index (χ2n) is 6.65. The number of hydrogen-bond acceptors (Lipinski definition) is 5. The van der Waals surface area contributed by atoms with E-state index in [0.717, 1.165) is 35.6 Å². The van der Waals surface area contributed by atoms with Crippen molar-refractivity contribution in [3.63, 3.8) is 0 Å². The number of Topliss-reactive ketones (excluding diaryl/α,β-unsaturated/α-hetero) is 1. The van der Waals surface area contributed by atoms with Crippen LogP contribution in [0.25, 0.3) is 0 Å². The van der Waals surface area contributed by atoms with Crippen molar-refractivity contribution in [2.24, 2.45) is 0 Å². The molecule has 0 saturated heterocycles. The first-order chi connectivity index (χ1) is 13.0. The smallest absolute Gasteiger partial charge is 0.336 e. The van der Waals surface area contributed by atoms with E-state index in [4.69, 9.17) is 4.74 Å². The molecule has 1 aromatic rings. The van der Waals surface area contributed by atoms with Gasteiger partial charge in [-0.2, -0.15) is 11.8 Å². The Morgan fingerprint density at radius 3 is 2.74 bits per heavy atom. The average Bonchev–Trinajstić information content (AvgIpc) is 2.65. The molecule has 0 saturated carbocycles. The van der Waals surface area contributed by atoms with E-state index in [0.29, 0.717) is 29.9 Å². The lowest BCUT2D eigenvalue weighted by molar-refractivity contribution is -0.138. The van der Waals surface area contributed by atoms with Crippen LogP contribution in [-0.2, 0) is 14.3 Å². The minimum absolute atomic E-state index is 0.0393. The van der Waals surface area contributed by atoms with E-state index in [1.54, 1.807) is 23.9 Å². The van der Waals surface area contributed by atoms with Gasteiger partial charge in [-0.05, 0) is 43.2 Å². The Bertz CT molecular complexity index is 798. The zero-order valence-electron chi connectivity index (χ0n) is 15.6. The van der Waals surface area contributed by atoms with E-state index in [9.17, 15) is 14.0 Å². The molecule has 1 heterocycles. The number of carbonyl (C=O) groups excluding carboxylic acids is 2. The molecule has 0 radical (unpaired) electrons. The van der Waals surface area contributed by atoms with Crippen molar-refractivity contribution < 1.29 is 18.7 Å². The van der Waals surface area contributed by atoms with Crippen LogP contribution in [0.5, 0.6) is 0 Å². The Morgan fingerprint density at radius 2 is 2.04 bits per heavy atom. The Balaban J connectivity index is 1.97. The number of nitrogens with one attached hydrogen (secondary N) is 1. The lowest BCUT2D eigenvalue weighted by atomic mass is 9.75. The number of allylic oxidation sites excluding steroid dienone is 3. The molecule has 0 bridgehead atoms. The van der Waals surface area contributed by atoms with Crippen LogP contribution in [-0.4, -0.2) is 29.9 Å². The van der Waals surface area contributed by atoms with Gasteiger partial charge < -0.3 is 10.1 Å². The first kappa shape index (κ1) is 19.7. The topological polar surface area (TPSA) is 55.4 Å². The molecule has 4 nitrogen and oxygen atoms in total. The van der Waals surface area contributed by atoms with Crippen molar-refractivity contribution in [2.75, 3.05) is 18.1 Å². The van der Waals surface area contributed by atoms with Crippen LogP contribution < -0.4 is 5.32 Å². The molecule has 144 valence electrons. The SMILES string of the molecule is CCSCCOC(=O)C1=C(C)NC2=C(C(=O)CCC2)C1c1ccc(F)cc1. The monoisotopic (exact) mass is 389 g/mol. The highest BCUT2D eigenvalue weighted by Gasteiger charge is 2.39. The molecule has 0 spiro atoms. The van der Waals surface area contributed by atoms with Crippen molar-refractivity contribution in [1.29, 1.82) is 0 Å². The Hall–Kier alpha value is -2.08. The molecule has 1 atom stereocenters. The summed E-state index contributed by atoms with van der Waals surface area (Å²) in [7, 11) is 0. The van der Waals surface area contributed by atoms with Crippen LogP contribution in [0.3, 0.4) is 0 Å². The Kier molecular flexibility index (Phi) is 6.37. The first-order valence-corrected chi connectivity index (χ1v) is 10.4. The average molecular weight is 389 g/mol. The van der Waals surface area contributed by atoms with Gasteiger partial charge in [-0.3, -0.25) is 4.79 Å². The van der Waals surface area contributed by atoms with E-state index in [1.807, 2.05) is 6.92 Å². The van der Waals surface area contributed by atoms with Gasteiger partial charge in [0.2, 0.25) is 0 Å². The van der Waals surface area contributed by atoms with Gasteiger partial charge in [0.05, 0.1) is 5.57 Å². The number of ketones is 1. The van der Waals surface area contributed by atoms with Gasteiger partial charge in [0.15, 0.2) is 5.78 Å². The minimum atomic E-state index is -0.513. The van der Waals surface area contributed by atoms with Gasteiger partial charge in [0.1, 0.15) is 12.4 Å². The summed E-state index contributed by atoms with van der Waals surface area (Å²) in [6.45, 7) is 4.21. The lowest BCUT2D eigenvalue weighted by Crippen LogP contribution is -2.34. The zero-order valence-corrected chi connectivity index (χ0v) is 16.5. The Morgan fingerprint density at radius 1 is 1.30 bits per heavy atom. The van der Waals surface area contributed by atoms with E-state index >= 15 is 0 Å². The number of thioether (sulfide) groups is 1. The number of hydrogen-bond donors (Lipinski definition) is 1. The van der Waals surface area contributed by atoms with Crippen molar-refractivity contribution in [3.8, 4) is 0 Å². The molecule has 1 unspecified atom stereocenters. The molecule has 1 aliphatic heterocycles. The molecule has 1 aromatic carbocycles. The standard InChI is InChI=1S/C21H24FNO3S/c1-3-27-12-11-26-21(25)18-13(2)23-16-5-4-6-17(24)20(16)19(18)14-7-9-15(22)10-8-14/h7-10,19,23H,3-6,11-12H2,1-2H3. The third kappa shape index (κ3) is 4.26. The molecule has 27 heavy (non-hydrogen) atoms. The normalized spacial score (nSPS) is 19.7. The number of benzene rings is 1. The lowest BCUT2D eigenvalue weighted by Gasteiger charge is -2.34. The molecule has 0 amide bonds. The van der Waals surface area contributed by atoms with Gasteiger partial charge in [-0.15, -0.1) is 0 Å². The quantitative estimate of drug-likeness (QED) is 0.587. The molecule has 6 heteroatoms. The Labute approximate surface area is 163 Å². The maximum atomic E-state index is 13.4. The summed E-state index contributed by atoms with van der Waals surface area (Å²) >= 11 is 1.70. The van der Waals surface area contributed by atoms with Crippen LogP contribution in [0.1, 0.15) is 44.6 Å². The number of rotatable bonds is 6. The third-order valence-corrected chi connectivity index (χ3v) is 5.73. The number of esters is 1. The summed E-state index contributed by atoms with van der Waals surface area (Å²) in [5.41, 5.74) is 3.36. The molecular formula is C21H24FNO3S. The fourth-order valence-electron chi connectivity index (χ4n) is 3.66. The fraction of sp³-hybridized carbons (Fsp3) is 0.429. The van der Waals surface area contributed by atoms with Crippen LogP contribution >= 0.6 is 11.8 Å². The zero-order chi connectivity index (χ0) is 19.4. The summed E-state index contributed by atoms with van der Waals surface area (Å²) in [6, 6.07) is 6.01. The highest BCUT2D eigenvalue weighted by molar-refractivity contribution is 7.99. The van der Waals surface area contributed by atoms with Crippen molar-refractivity contribution in [1.82, 2.24) is 5.32 Å². The molecule has 1 N–H and O–H groups in total.